The van der Waals surface area contributed by atoms with Gasteiger partial charge in [-0.1, -0.05) is 0 Å². The van der Waals surface area contributed by atoms with Crippen LogP contribution in [0.3, 0.4) is 0 Å². The number of anilines is 1. The number of amides is 1. The summed E-state index contributed by atoms with van der Waals surface area (Å²) >= 11 is 1.49. The molecule has 2 aliphatic heterocycles. The maximum atomic E-state index is 13.0. The van der Waals surface area contributed by atoms with Crippen LogP contribution < -0.4 is 14.4 Å². The maximum Gasteiger partial charge on any atom is 0.264 e. The highest BCUT2D eigenvalue weighted by atomic mass is 32.1. The molecule has 0 bridgehead atoms. The molecule has 0 N–H and O–H groups in total. The number of thiophene rings is 1. The highest BCUT2D eigenvalue weighted by Gasteiger charge is 2.25. The summed E-state index contributed by atoms with van der Waals surface area (Å²) in [5.74, 6) is 2.23. The van der Waals surface area contributed by atoms with Crippen LogP contribution in [0, 0.1) is 11.3 Å². The van der Waals surface area contributed by atoms with Crippen LogP contribution in [0.2, 0.25) is 0 Å². The second-order valence-electron chi connectivity index (χ2n) is 7.29. The van der Waals surface area contributed by atoms with E-state index in [-0.39, 0.29) is 5.91 Å². The Morgan fingerprint density at radius 3 is 2.65 bits per heavy atom. The zero-order chi connectivity index (χ0) is 21.2. The quantitative estimate of drug-likeness (QED) is 0.631. The molecule has 0 unspecified atom stereocenters. The molecule has 5 rings (SSSR count). The minimum Gasteiger partial charge on any atom is -0.486 e. The van der Waals surface area contributed by atoms with Crippen molar-refractivity contribution in [1.29, 1.82) is 5.26 Å². The van der Waals surface area contributed by atoms with Crippen molar-refractivity contribution in [2.24, 2.45) is 0 Å². The molecule has 1 fully saturated rings. The molecule has 156 valence electrons. The van der Waals surface area contributed by atoms with E-state index in [1.165, 1.54) is 11.3 Å². The first-order valence-corrected chi connectivity index (χ1v) is 10.9. The van der Waals surface area contributed by atoms with Gasteiger partial charge in [-0.15, -0.1) is 11.3 Å². The molecule has 2 aromatic heterocycles. The minimum atomic E-state index is 0.0370. The molecule has 7 nitrogen and oxygen atoms in total. The molecule has 0 saturated carbocycles. The van der Waals surface area contributed by atoms with E-state index >= 15 is 0 Å². The van der Waals surface area contributed by atoms with Gasteiger partial charge in [0.05, 0.1) is 10.4 Å². The van der Waals surface area contributed by atoms with Gasteiger partial charge in [-0.25, -0.2) is 4.98 Å². The number of nitriles is 1. The zero-order valence-corrected chi connectivity index (χ0v) is 17.6. The number of hydrogen-bond donors (Lipinski definition) is 0. The van der Waals surface area contributed by atoms with E-state index in [9.17, 15) is 10.1 Å². The number of benzene rings is 1. The predicted molar refractivity (Wildman–Crippen MR) is 118 cm³/mol. The lowest BCUT2D eigenvalue weighted by Gasteiger charge is -2.35. The van der Waals surface area contributed by atoms with E-state index in [0.29, 0.717) is 55.7 Å². The van der Waals surface area contributed by atoms with E-state index in [4.69, 9.17) is 9.47 Å². The second-order valence-corrected chi connectivity index (χ2v) is 8.37. The largest absolute Gasteiger partial charge is 0.486 e. The van der Waals surface area contributed by atoms with Crippen LogP contribution in [-0.4, -0.2) is 55.2 Å². The van der Waals surface area contributed by atoms with Crippen LogP contribution in [0.15, 0.2) is 48.7 Å². The number of ether oxygens (including phenoxy) is 2. The van der Waals surface area contributed by atoms with Gasteiger partial charge >= 0.3 is 0 Å². The Kier molecular flexibility index (Phi) is 5.18. The first-order valence-electron chi connectivity index (χ1n) is 10.1. The number of fused-ring (bicyclic) bond motifs is 1. The summed E-state index contributed by atoms with van der Waals surface area (Å²) in [5, 5.41) is 9.31. The number of carbonyl (C=O) groups is 1. The van der Waals surface area contributed by atoms with E-state index in [1.54, 1.807) is 18.3 Å². The Bertz CT molecular complexity index is 1160. The third-order valence-corrected chi connectivity index (χ3v) is 6.54. The highest BCUT2D eigenvalue weighted by Crippen LogP contribution is 2.37. The van der Waals surface area contributed by atoms with Crippen LogP contribution in [0.25, 0.3) is 10.4 Å². The van der Waals surface area contributed by atoms with Gasteiger partial charge < -0.3 is 19.3 Å². The predicted octanol–water partition coefficient (Wildman–Crippen LogP) is 3.42. The molecule has 1 aromatic carbocycles. The van der Waals surface area contributed by atoms with Gasteiger partial charge in [0.25, 0.3) is 5.91 Å². The highest BCUT2D eigenvalue weighted by molar-refractivity contribution is 7.17. The number of rotatable bonds is 3. The number of carbonyl (C=O) groups excluding carboxylic acids is 1. The van der Waals surface area contributed by atoms with E-state index < -0.39 is 0 Å². The minimum absolute atomic E-state index is 0.0370. The monoisotopic (exact) mass is 432 g/mol. The third kappa shape index (κ3) is 3.80. The number of pyridine rings is 1. The Balaban J connectivity index is 1.27. The van der Waals surface area contributed by atoms with Crippen molar-refractivity contribution in [2.45, 2.75) is 0 Å². The van der Waals surface area contributed by atoms with Crippen molar-refractivity contribution in [3.05, 3.63) is 59.1 Å². The fraction of sp³-hybridized carbons (Fsp3) is 0.261. The summed E-state index contributed by atoms with van der Waals surface area (Å²) in [5.41, 5.74) is 1.57. The molecule has 0 spiro atoms. The normalized spacial score (nSPS) is 15.5. The Hall–Kier alpha value is -3.57. The lowest BCUT2D eigenvalue weighted by atomic mass is 10.1. The molecular formula is C23H20N4O3S. The van der Waals surface area contributed by atoms with Gasteiger partial charge in [0.2, 0.25) is 0 Å². The van der Waals surface area contributed by atoms with Crippen molar-refractivity contribution in [1.82, 2.24) is 9.88 Å². The lowest BCUT2D eigenvalue weighted by molar-refractivity contribution is 0.0751. The van der Waals surface area contributed by atoms with Crippen LogP contribution in [0.4, 0.5) is 5.82 Å². The number of aromatic nitrogens is 1. The standard InChI is InChI=1S/C23H20N4O3S/c24-15-17-2-1-7-25-22(17)26-8-10-27(11-9-26)23(28)21-6-5-20(31-21)16-3-4-18-19(14-16)30-13-12-29-18/h1-7,14H,8-13H2. The van der Waals surface area contributed by atoms with Crippen molar-refractivity contribution in [3.8, 4) is 28.0 Å². The van der Waals surface area contributed by atoms with Gasteiger partial charge in [-0.05, 0) is 48.0 Å². The van der Waals surface area contributed by atoms with Gasteiger partial charge in [-0.2, -0.15) is 5.26 Å². The number of piperazine rings is 1. The summed E-state index contributed by atoms with van der Waals surface area (Å²) in [7, 11) is 0. The molecule has 0 atom stereocenters. The first kappa shape index (κ1) is 19.4. The average molecular weight is 433 g/mol. The molecule has 8 heteroatoms. The summed E-state index contributed by atoms with van der Waals surface area (Å²) in [4.78, 5) is 23.1. The van der Waals surface area contributed by atoms with Gasteiger partial charge in [0.1, 0.15) is 25.1 Å². The fourth-order valence-corrected chi connectivity index (χ4v) is 4.79. The number of hydrogen-bond acceptors (Lipinski definition) is 7. The summed E-state index contributed by atoms with van der Waals surface area (Å²) in [6.07, 6.45) is 1.69. The fourth-order valence-electron chi connectivity index (χ4n) is 3.82. The molecule has 3 aromatic rings. The van der Waals surface area contributed by atoms with Crippen LogP contribution >= 0.6 is 11.3 Å². The molecule has 31 heavy (non-hydrogen) atoms. The molecule has 1 amide bonds. The van der Waals surface area contributed by atoms with Crippen LogP contribution in [0.1, 0.15) is 15.2 Å². The Morgan fingerprint density at radius 2 is 1.84 bits per heavy atom. The second kappa shape index (κ2) is 8.28. The van der Waals surface area contributed by atoms with Crippen LogP contribution in [0.5, 0.6) is 11.5 Å². The van der Waals surface area contributed by atoms with E-state index in [0.717, 1.165) is 21.9 Å². The summed E-state index contributed by atoms with van der Waals surface area (Å²) < 4.78 is 11.3. The molecule has 4 heterocycles. The summed E-state index contributed by atoms with van der Waals surface area (Å²) in [6, 6.07) is 15.5. The van der Waals surface area contributed by atoms with Crippen molar-refractivity contribution >= 4 is 23.1 Å². The smallest absolute Gasteiger partial charge is 0.264 e. The van der Waals surface area contributed by atoms with E-state index in [1.807, 2.05) is 35.2 Å². The third-order valence-electron chi connectivity index (χ3n) is 5.42. The molecule has 0 aliphatic carbocycles. The lowest BCUT2D eigenvalue weighted by Crippen LogP contribution is -2.49. The van der Waals surface area contributed by atoms with E-state index in [2.05, 4.69) is 16.0 Å². The van der Waals surface area contributed by atoms with Gasteiger partial charge in [0, 0.05) is 37.3 Å². The summed E-state index contributed by atoms with van der Waals surface area (Å²) in [6.45, 7) is 3.60. The van der Waals surface area contributed by atoms with Crippen molar-refractivity contribution in [3.63, 3.8) is 0 Å². The molecule has 1 saturated heterocycles. The number of nitrogens with zero attached hydrogens (tertiary/aromatic N) is 4. The topological polar surface area (TPSA) is 78.7 Å². The van der Waals surface area contributed by atoms with Crippen molar-refractivity contribution < 1.29 is 14.3 Å². The van der Waals surface area contributed by atoms with Crippen molar-refractivity contribution in [2.75, 3.05) is 44.3 Å². The zero-order valence-electron chi connectivity index (χ0n) is 16.8. The molecule has 0 radical (unpaired) electrons. The first-order chi connectivity index (χ1) is 15.2. The molecular weight excluding hydrogens is 412 g/mol. The SMILES string of the molecule is N#Cc1cccnc1N1CCN(C(=O)c2ccc(-c3ccc4c(c3)OCCO4)s2)CC1. The van der Waals surface area contributed by atoms with Crippen LogP contribution in [-0.2, 0) is 0 Å². The maximum absolute atomic E-state index is 13.0. The molecule has 2 aliphatic rings. The Labute approximate surface area is 184 Å². The Morgan fingerprint density at radius 1 is 1.03 bits per heavy atom. The van der Waals surface area contributed by atoms with Gasteiger partial charge in [0.15, 0.2) is 11.5 Å². The average Bonchev–Trinajstić information content (AvgIpc) is 3.34. The van der Waals surface area contributed by atoms with Gasteiger partial charge in [-0.3, -0.25) is 4.79 Å².